The van der Waals surface area contributed by atoms with Gasteiger partial charge in [0.1, 0.15) is 12.2 Å². The molecule has 2 N–H and O–H groups in total. The fourth-order valence-electron chi connectivity index (χ4n) is 7.12. The Morgan fingerprint density at radius 3 is 2.46 bits per heavy atom. The maximum absolute atomic E-state index is 13.8. The van der Waals surface area contributed by atoms with Gasteiger partial charge in [-0.25, -0.2) is 4.79 Å². The van der Waals surface area contributed by atoms with Gasteiger partial charge in [0.2, 0.25) is 0 Å². The third-order valence-corrected chi connectivity index (χ3v) is 10.4. The van der Waals surface area contributed by atoms with Crippen LogP contribution in [0.2, 0.25) is 0 Å². The Balaban J connectivity index is 1.77. The van der Waals surface area contributed by atoms with Gasteiger partial charge in [0.25, 0.3) is 5.11 Å². The van der Waals surface area contributed by atoms with Gasteiger partial charge in [0, 0.05) is 36.8 Å². The number of thiocarbonyl (C=S) groups is 1. The maximum atomic E-state index is 13.8. The fraction of sp³-hybridized carbons (Fsp3) is 0.710. The molecule has 0 aromatic heterocycles. The van der Waals surface area contributed by atoms with E-state index in [2.05, 4.69) is 44.8 Å². The molecule has 1 aromatic rings. The lowest BCUT2D eigenvalue weighted by molar-refractivity contribution is -0.138. The van der Waals surface area contributed by atoms with E-state index >= 15 is 0 Å². The summed E-state index contributed by atoms with van der Waals surface area (Å²) in [5, 5.41) is 23.5. The van der Waals surface area contributed by atoms with Crippen molar-refractivity contribution >= 4 is 28.9 Å². The van der Waals surface area contributed by atoms with E-state index in [9.17, 15) is 28.3 Å². The lowest BCUT2D eigenvalue weighted by atomic mass is 9.72. The molecule has 0 spiro atoms. The zero-order valence-corrected chi connectivity index (χ0v) is 25.9. The van der Waals surface area contributed by atoms with Gasteiger partial charge in [-0.2, -0.15) is 22.9 Å². The number of nitriles is 1. The van der Waals surface area contributed by atoms with Crippen LogP contribution in [0.3, 0.4) is 0 Å². The largest absolute Gasteiger partial charge is 0.417 e. The number of hydrogen-bond acceptors (Lipinski definition) is 5. The molecule has 2 heterocycles. The molecule has 10 heteroatoms. The summed E-state index contributed by atoms with van der Waals surface area (Å²) in [5.41, 5.74) is -2.11. The van der Waals surface area contributed by atoms with Crippen molar-refractivity contribution in [2.75, 3.05) is 26.2 Å². The highest BCUT2D eigenvalue weighted by atomic mass is 32.1. The highest BCUT2D eigenvalue weighted by Crippen LogP contribution is 2.41. The van der Waals surface area contributed by atoms with E-state index < -0.39 is 27.4 Å². The number of quaternary nitrogens is 1. The molecule has 0 radical (unpaired) electrons. The van der Waals surface area contributed by atoms with E-state index in [4.69, 9.17) is 12.2 Å². The van der Waals surface area contributed by atoms with E-state index in [0.717, 1.165) is 70.2 Å². The van der Waals surface area contributed by atoms with Gasteiger partial charge >= 0.3 is 12.1 Å². The van der Waals surface area contributed by atoms with Crippen LogP contribution in [0.5, 0.6) is 0 Å². The van der Waals surface area contributed by atoms with Crippen LogP contribution in [0, 0.1) is 22.7 Å². The molecule has 2 aliphatic rings. The summed E-state index contributed by atoms with van der Waals surface area (Å²) in [6, 6.07) is 5.29. The topological polar surface area (TPSA) is 76.4 Å². The number of nitrogens with zero attached hydrogens (tertiary/aromatic N) is 3. The van der Waals surface area contributed by atoms with Crippen molar-refractivity contribution in [3.05, 3.63) is 29.3 Å². The lowest BCUT2D eigenvalue weighted by Gasteiger charge is -2.40. The molecule has 0 aliphatic carbocycles. The first kappa shape index (κ1) is 33.4. The number of carbonyl (C=O) groups is 1. The Bertz CT molecular complexity index is 1130. The molecular weight excluding hydrogens is 549 g/mol. The molecule has 1 aromatic carbocycles. The summed E-state index contributed by atoms with van der Waals surface area (Å²) in [7, 11) is 0. The van der Waals surface area contributed by atoms with E-state index in [0.29, 0.717) is 6.42 Å². The molecule has 41 heavy (non-hydrogen) atoms. The maximum Gasteiger partial charge on any atom is 0.417 e. The molecule has 6 nitrogen and oxygen atoms in total. The minimum atomic E-state index is -4.73. The number of halogens is 3. The van der Waals surface area contributed by atoms with Gasteiger partial charge in [-0.3, -0.25) is 4.90 Å². The SMILES string of the molecule is CCC(CC[N+]1(c2ccc(C#N)c(C(F)(F)F)c2)C(=O)CNC1=S)C(C)(C)CCCN1CCC[C@H]1C(O)(CC)CC. The molecule has 2 unspecified atom stereocenters. The van der Waals surface area contributed by atoms with Crippen LogP contribution in [-0.2, 0) is 11.0 Å². The number of aliphatic hydroxyl groups is 1. The molecule has 0 saturated carbocycles. The monoisotopic (exact) mass is 595 g/mol. The second-order valence-electron chi connectivity index (χ2n) is 12.4. The average Bonchev–Trinajstić information content (AvgIpc) is 3.52. The molecule has 2 aliphatic heterocycles. The number of nitrogens with one attached hydrogen (secondary N) is 1. The summed E-state index contributed by atoms with van der Waals surface area (Å²) < 4.78 is 40.9. The molecule has 2 fully saturated rings. The third kappa shape index (κ3) is 6.79. The van der Waals surface area contributed by atoms with Crippen molar-refractivity contribution in [1.82, 2.24) is 14.7 Å². The Hall–Kier alpha value is -2.06. The summed E-state index contributed by atoms with van der Waals surface area (Å²) in [4.78, 5) is 15.7. The normalized spacial score (nSPS) is 23.1. The molecule has 3 rings (SSSR count). The van der Waals surface area contributed by atoms with E-state index in [1.54, 1.807) is 6.07 Å². The summed E-state index contributed by atoms with van der Waals surface area (Å²) in [6.07, 6.45) is 2.28. The van der Waals surface area contributed by atoms with Gasteiger partial charge in [0.15, 0.2) is 0 Å². The molecule has 3 atom stereocenters. The highest BCUT2D eigenvalue weighted by Gasteiger charge is 2.51. The van der Waals surface area contributed by atoms with Crippen molar-refractivity contribution in [1.29, 1.82) is 5.26 Å². The Labute approximate surface area is 248 Å². The standard InChI is InChI=1S/C31H45F3N4O2S/c1-6-23(29(4,5)15-10-17-37-16-9-11-26(37)30(40,7-2)8-3)14-18-38(27(39)21-36-28(38)41)24-13-12-22(20-35)25(19-24)31(32,33)34/h12-13,19,23,26,40H,6-11,14-18,21H2,1-5H3/p+1/t23?,26-,38?/m0/s1. The number of alkyl halides is 3. The summed E-state index contributed by atoms with van der Waals surface area (Å²) in [6.45, 7) is 12.8. The Morgan fingerprint density at radius 1 is 1.24 bits per heavy atom. The highest BCUT2D eigenvalue weighted by molar-refractivity contribution is 7.80. The second kappa shape index (κ2) is 13.1. The number of rotatable bonds is 13. The van der Waals surface area contributed by atoms with Crippen LogP contribution in [0.1, 0.15) is 97.1 Å². The number of carbonyl (C=O) groups excluding carboxylic acids is 1. The number of hydrogen-bond donors (Lipinski definition) is 2. The first-order chi connectivity index (χ1) is 19.2. The van der Waals surface area contributed by atoms with Crippen LogP contribution in [0.15, 0.2) is 18.2 Å². The Kier molecular flexibility index (Phi) is 10.7. The van der Waals surface area contributed by atoms with Crippen LogP contribution >= 0.6 is 12.2 Å². The summed E-state index contributed by atoms with van der Waals surface area (Å²) >= 11 is 5.55. The van der Waals surface area contributed by atoms with Gasteiger partial charge in [0.05, 0.1) is 29.3 Å². The predicted octanol–water partition coefficient (Wildman–Crippen LogP) is 6.54. The van der Waals surface area contributed by atoms with Crippen LogP contribution in [0.4, 0.5) is 18.9 Å². The van der Waals surface area contributed by atoms with Crippen LogP contribution in [-0.4, -0.2) is 58.8 Å². The van der Waals surface area contributed by atoms with Gasteiger partial charge in [-0.05, 0) is 69.0 Å². The molecule has 0 bridgehead atoms. The molecular formula is C31H46F3N4O2S+. The van der Waals surface area contributed by atoms with Gasteiger partial charge < -0.3 is 10.4 Å². The number of amides is 1. The number of likely N-dealkylation sites (tertiary alicyclic amines) is 1. The zero-order valence-electron chi connectivity index (χ0n) is 25.1. The van der Waals surface area contributed by atoms with Crippen molar-refractivity contribution in [3.8, 4) is 6.07 Å². The molecule has 1 amide bonds. The van der Waals surface area contributed by atoms with E-state index in [1.165, 1.54) is 6.07 Å². The van der Waals surface area contributed by atoms with Crippen molar-refractivity contribution in [2.45, 2.75) is 104 Å². The van der Waals surface area contributed by atoms with Gasteiger partial charge in [-0.1, -0.05) is 41.0 Å². The van der Waals surface area contributed by atoms with Crippen molar-refractivity contribution in [3.63, 3.8) is 0 Å². The smallest absolute Gasteiger partial charge is 0.388 e. The predicted molar refractivity (Wildman–Crippen MR) is 160 cm³/mol. The minimum Gasteiger partial charge on any atom is -0.388 e. The zero-order chi connectivity index (χ0) is 30.6. The first-order valence-corrected chi connectivity index (χ1v) is 15.4. The molecule has 228 valence electrons. The van der Waals surface area contributed by atoms with Crippen LogP contribution < -0.4 is 9.80 Å². The fourth-order valence-corrected chi connectivity index (χ4v) is 7.49. The van der Waals surface area contributed by atoms with Crippen LogP contribution in [0.25, 0.3) is 0 Å². The lowest BCUT2D eigenvalue weighted by Crippen LogP contribution is -2.56. The second-order valence-corrected chi connectivity index (χ2v) is 12.8. The van der Waals surface area contributed by atoms with Gasteiger partial charge in [-0.15, -0.1) is 0 Å². The Morgan fingerprint density at radius 2 is 1.93 bits per heavy atom. The van der Waals surface area contributed by atoms with Crippen molar-refractivity contribution in [2.24, 2.45) is 11.3 Å². The van der Waals surface area contributed by atoms with E-state index in [-0.39, 0.29) is 47.2 Å². The molecule has 2 saturated heterocycles. The first-order valence-electron chi connectivity index (χ1n) is 15.0. The summed E-state index contributed by atoms with van der Waals surface area (Å²) in [5.74, 6) is -0.0772. The van der Waals surface area contributed by atoms with E-state index in [1.807, 2.05) is 0 Å². The minimum absolute atomic E-state index is 0.0424. The third-order valence-electron chi connectivity index (χ3n) is 9.92. The quantitative estimate of drug-likeness (QED) is 0.199. The average molecular weight is 596 g/mol. The number of benzene rings is 1. The van der Waals surface area contributed by atoms with Crippen molar-refractivity contribution < 1.29 is 23.1 Å².